The van der Waals surface area contributed by atoms with Crippen molar-refractivity contribution >= 4 is 23.3 Å². The summed E-state index contributed by atoms with van der Waals surface area (Å²) in [4.78, 5) is 10.3. The first-order valence-corrected chi connectivity index (χ1v) is 8.59. The van der Waals surface area contributed by atoms with Crippen LogP contribution in [0.25, 0.3) is 0 Å². The number of hydrogen-bond acceptors (Lipinski definition) is 1. The maximum atomic E-state index is 10.3. The second kappa shape index (κ2) is 21.0. The average Bonchev–Trinajstić information content (AvgIpc) is 2.50. The lowest BCUT2D eigenvalue weighted by Crippen LogP contribution is -1.92. The fourth-order valence-corrected chi connectivity index (χ4v) is 1.93. The molecule has 0 saturated carbocycles. The Morgan fingerprint density at radius 2 is 1.17 bits per heavy atom. The Morgan fingerprint density at radius 3 is 1.61 bits per heavy atom. The van der Waals surface area contributed by atoms with Crippen LogP contribution < -0.4 is 0 Å². The quantitative estimate of drug-likeness (QED) is 0.275. The van der Waals surface area contributed by atoms with E-state index in [4.69, 9.17) is 5.11 Å². The molecule has 0 aliphatic heterocycles. The predicted molar refractivity (Wildman–Crippen MR) is 106 cm³/mol. The van der Waals surface area contributed by atoms with Crippen LogP contribution >= 0.6 is 0 Å². The third kappa shape index (κ3) is 23.4. The maximum Gasteiger partial charge on any atom is 0.303 e. The number of carboxylic acid groups (broad SMARTS) is 1. The Balaban J connectivity index is 0. The van der Waals surface area contributed by atoms with Gasteiger partial charge in [-0.25, -0.2) is 0 Å². The molecule has 23 heavy (non-hydrogen) atoms. The molecule has 0 radical (unpaired) electrons. The highest BCUT2D eigenvalue weighted by molar-refractivity contribution is 5.75. The van der Waals surface area contributed by atoms with Gasteiger partial charge < -0.3 is 5.11 Å². The molecular formula is C20H35AlO2. The highest BCUT2D eigenvalue weighted by Gasteiger charge is 1.92. The molecule has 0 rings (SSSR count). The number of unbranched alkanes of at least 4 members (excludes halogenated alkanes) is 4. The first kappa shape index (κ1) is 24.2. The normalized spacial score (nSPS) is 11.9. The minimum Gasteiger partial charge on any atom is -0.481 e. The lowest BCUT2D eigenvalue weighted by atomic mass is 10.2. The van der Waals surface area contributed by atoms with Crippen molar-refractivity contribution in [2.45, 2.75) is 71.1 Å². The molecule has 0 bridgehead atoms. The smallest absolute Gasteiger partial charge is 0.303 e. The summed E-state index contributed by atoms with van der Waals surface area (Å²) in [5, 5.41) is 8.49. The van der Waals surface area contributed by atoms with Gasteiger partial charge in [-0.15, -0.1) is 0 Å². The van der Waals surface area contributed by atoms with Crippen molar-refractivity contribution in [3.8, 4) is 0 Å². The number of carbonyl (C=O) groups is 1. The zero-order valence-corrected chi connectivity index (χ0v) is 14.0. The van der Waals surface area contributed by atoms with E-state index in [1.807, 2.05) is 0 Å². The molecule has 1 N–H and O–H groups in total. The molecule has 0 aromatic heterocycles. The molecule has 2 nitrogen and oxygen atoms in total. The predicted octanol–water partition coefficient (Wildman–Crippen LogP) is 5.03. The van der Waals surface area contributed by atoms with Gasteiger partial charge in [0.25, 0.3) is 0 Å². The molecule has 0 fully saturated rings. The summed E-state index contributed by atoms with van der Waals surface area (Å²) < 4.78 is 0. The summed E-state index contributed by atoms with van der Waals surface area (Å²) >= 11 is 0. The zero-order chi connectivity index (χ0) is 16.3. The second-order valence-corrected chi connectivity index (χ2v) is 5.37. The van der Waals surface area contributed by atoms with Crippen molar-refractivity contribution < 1.29 is 9.90 Å². The van der Waals surface area contributed by atoms with Crippen LogP contribution in [-0.4, -0.2) is 28.4 Å². The molecule has 0 saturated heterocycles. The van der Waals surface area contributed by atoms with Crippen molar-refractivity contribution in [3.05, 3.63) is 48.6 Å². The minimum absolute atomic E-state index is 0. The van der Waals surface area contributed by atoms with Gasteiger partial charge in [-0.3, -0.25) is 4.79 Å². The van der Waals surface area contributed by atoms with Crippen LogP contribution in [0, 0.1) is 0 Å². The number of carboxylic acids is 1. The lowest BCUT2D eigenvalue weighted by molar-refractivity contribution is -0.137. The molecule has 0 aromatic rings. The van der Waals surface area contributed by atoms with Gasteiger partial charge in [0.1, 0.15) is 0 Å². The summed E-state index contributed by atoms with van der Waals surface area (Å²) in [5.74, 6) is -0.712. The van der Waals surface area contributed by atoms with Crippen LogP contribution in [0.4, 0.5) is 0 Å². The van der Waals surface area contributed by atoms with Gasteiger partial charge in [-0.2, -0.15) is 0 Å². The molecule has 0 atom stereocenters. The SMILES string of the molecule is CCCCC/C=C\C/C=C\C/C=C\C/C=C\CCCC(=O)O.[AlH3]. The van der Waals surface area contributed by atoms with E-state index in [-0.39, 0.29) is 23.8 Å². The van der Waals surface area contributed by atoms with Crippen LogP contribution in [-0.2, 0) is 4.79 Å². The van der Waals surface area contributed by atoms with E-state index in [2.05, 4.69) is 55.5 Å². The van der Waals surface area contributed by atoms with E-state index in [9.17, 15) is 4.79 Å². The third-order valence-corrected chi connectivity index (χ3v) is 3.22. The number of aliphatic carboxylic acids is 1. The lowest BCUT2D eigenvalue weighted by Gasteiger charge is -1.90. The molecule has 0 unspecified atom stereocenters. The maximum absolute atomic E-state index is 10.3. The largest absolute Gasteiger partial charge is 0.481 e. The first-order chi connectivity index (χ1) is 10.8. The Labute approximate surface area is 153 Å². The van der Waals surface area contributed by atoms with Crippen LogP contribution in [0.2, 0.25) is 0 Å². The molecule has 0 aliphatic rings. The van der Waals surface area contributed by atoms with E-state index < -0.39 is 5.97 Å². The molecule has 0 amide bonds. The Bertz CT molecular complexity index is 368. The Hall–Kier alpha value is -1.04. The van der Waals surface area contributed by atoms with Crippen molar-refractivity contribution in [3.63, 3.8) is 0 Å². The molecule has 0 aromatic carbocycles. The van der Waals surface area contributed by atoms with Gasteiger partial charge in [0.05, 0.1) is 0 Å². The van der Waals surface area contributed by atoms with E-state index in [1.54, 1.807) is 0 Å². The Morgan fingerprint density at radius 1 is 0.739 bits per heavy atom. The van der Waals surface area contributed by atoms with Gasteiger partial charge in [0.2, 0.25) is 0 Å². The fraction of sp³-hybridized carbons (Fsp3) is 0.550. The van der Waals surface area contributed by atoms with E-state index in [0.29, 0.717) is 0 Å². The number of rotatable bonds is 14. The molecule has 0 aliphatic carbocycles. The standard InChI is InChI=1S/C20H32O2.Al.3H/c1-2-3-4-5-6-7-8-9-10-11-12-13-14-15-16-17-18-19-20(21)22;;;;/h6-7,9-10,12-13,15-16H,2-5,8,11,14,17-19H2,1H3,(H,21,22);;;;/b7-6-,10-9-,13-12-,16-15-;;;;. The average molecular weight is 334 g/mol. The van der Waals surface area contributed by atoms with Gasteiger partial charge >= 0.3 is 5.97 Å². The van der Waals surface area contributed by atoms with Crippen molar-refractivity contribution in [2.75, 3.05) is 0 Å². The van der Waals surface area contributed by atoms with Crippen LogP contribution in [0.5, 0.6) is 0 Å². The van der Waals surface area contributed by atoms with Gasteiger partial charge in [0, 0.05) is 6.42 Å². The Kier molecular flexibility index (Phi) is 22.1. The highest BCUT2D eigenvalue weighted by Crippen LogP contribution is 2.01. The van der Waals surface area contributed by atoms with Crippen LogP contribution in [0.1, 0.15) is 71.1 Å². The van der Waals surface area contributed by atoms with Crippen LogP contribution in [0.3, 0.4) is 0 Å². The van der Waals surface area contributed by atoms with Crippen molar-refractivity contribution in [1.82, 2.24) is 0 Å². The summed E-state index contributed by atoms with van der Waals surface area (Å²) in [7, 11) is 0. The highest BCUT2D eigenvalue weighted by atomic mass is 27.0. The van der Waals surface area contributed by atoms with E-state index in [0.717, 1.165) is 32.1 Å². The molecule has 130 valence electrons. The summed E-state index contributed by atoms with van der Waals surface area (Å²) in [6.45, 7) is 2.23. The first-order valence-electron chi connectivity index (χ1n) is 8.59. The zero-order valence-electron chi connectivity index (χ0n) is 14.0. The fourth-order valence-electron chi connectivity index (χ4n) is 1.93. The van der Waals surface area contributed by atoms with Crippen molar-refractivity contribution in [1.29, 1.82) is 0 Å². The topological polar surface area (TPSA) is 37.3 Å². The number of allylic oxidation sites excluding steroid dienone is 8. The molecule has 3 heteroatoms. The third-order valence-electron chi connectivity index (χ3n) is 3.22. The summed E-state index contributed by atoms with van der Waals surface area (Å²) in [5.41, 5.74) is 0. The van der Waals surface area contributed by atoms with Gasteiger partial charge in [-0.05, 0) is 44.9 Å². The van der Waals surface area contributed by atoms with Crippen LogP contribution in [0.15, 0.2) is 48.6 Å². The van der Waals surface area contributed by atoms with E-state index >= 15 is 0 Å². The second-order valence-electron chi connectivity index (χ2n) is 5.37. The minimum atomic E-state index is -0.712. The molecular weight excluding hydrogens is 299 g/mol. The molecule has 0 spiro atoms. The number of hydrogen-bond donors (Lipinski definition) is 1. The summed E-state index contributed by atoms with van der Waals surface area (Å²) in [6, 6.07) is 0. The van der Waals surface area contributed by atoms with Gasteiger partial charge in [0.15, 0.2) is 17.4 Å². The molecule has 0 heterocycles. The monoisotopic (exact) mass is 334 g/mol. The van der Waals surface area contributed by atoms with Gasteiger partial charge in [-0.1, -0.05) is 68.4 Å². The van der Waals surface area contributed by atoms with E-state index in [1.165, 1.54) is 25.7 Å². The summed E-state index contributed by atoms with van der Waals surface area (Å²) in [6.07, 6.45) is 27.3. The van der Waals surface area contributed by atoms with Crippen molar-refractivity contribution in [2.24, 2.45) is 0 Å².